The number of thiophene rings is 1. The standard InChI is InChI=1S/C18H17N7O2S/c1-3-24-10-12(15(23-24)18(27)19-2)22-17(26)11-9-21-25-13(6-7-20-16(11)25)14-5-4-8-28-14/h4-10H,3H2,1-2H3,(H,19,27)(H,22,26). The maximum atomic E-state index is 12.9. The van der Waals surface area contributed by atoms with E-state index in [2.05, 4.69) is 25.8 Å². The van der Waals surface area contributed by atoms with Gasteiger partial charge < -0.3 is 10.6 Å². The Bertz CT molecular complexity index is 1160. The van der Waals surface area contributed by atoms with E-state index in [-0.39, 0.29) is 11.6 Å². The minimum absolute atomic E-state index is 0.154. The summed E-state index contributed by atoms with van der Waals surface area (Å²) in [6.45, 7) is 2.47. The second-order valence-electron chi connectivity index (χ2n) is 5.88. The molecule has 4 rings (SSSR count). The molecule has 28 heavy (non-hydrogen) atoms. The average molecular weight is 395 g/mol. The van der Waals surface area contributed by atoms with Crippen LogP contribution in [0, 0.1) is 0 Å². The number of hydrogen-bond donors (Lipinski definition) is 2. The second-order valence-corrected chi connectivity index (χ2v) is 6.83. The minimum Gasteiger partial charge on any atom is -0.354 e. The van der Waals surface area contributed by atoms with Gasteiger partial charge in [0.05, 0.1) is 22.5 Å². The summed E-state index contributed by atoms with van der Waals surface area (Å²) in [7, 11) is 1.51. The van der Waals surface area contributed by atoms with Crippen LogP contribution in [0.25, 0.3) is 16.2 Å². The Hall–Kier alpha value is -3.53. The molecule has 10 heteroatoms. The Morgan fingerprint density at radius 3 is 2.82 bits per heavy atom. The average Bonchev–Trinajstić information content (AvgIpc) is 3.45. The van der Waals surface area contributed by atoms with Crippen LogP contribution < -0.4 is 10.6 Å². The Kier molecular flexibility index (Phi) is 4.62. The van der Waals surface area contributed by atoms with E-state index in [0.29, 0.717) is 23.4 Å². The maximum Gasteiger partial charge on any atom is 0.273 e. The number of anilines is 1. The normalized spacial score (nSPS) is 10.9. The van der Waals surface area contributed by atoms with Crippen molar-refractivity contribution in [1.82, 2.24) is 29.7 Å². The highest BCUT2D eigenvalue weighted by Gasteiger charge is 2.21. The van der Waals surface area contributed by atoms with Crippen molar-refractivity contribution in [2.45, 2.75) is 13.5 Å². The van der Waals surface area contributed by atoms with Crippen molar-refractivity contribution in [3.8, 4) is 10.6 Å². The fourth-order valence-corrected chi connectivity index (χ4v) is 3.55. The zero-order chi connectivity index (χ0) is 19.7. The number of aromatic nitrogens is 5. The Morgan fingerprint density at radius 1 is 1.25 bits per heavy atom. The van der Waals surface area contributed by atoms with E-state index in [4.69, 9.17) is 0 Å². The van der Waals surface area contributed by atoms with Gasteiger partial charge in [-0.25, -0.2) is 9.50 Å². The van der Waals surface area contributed by atoms with Crippen LogP contribution in [0.5, 0.6) is 0 Å². The Labute approximate surface area is 164 Å². The number of carbonyl (C=O) groups excluding carboxylic acids is 2. The molecule has 2 N–H and O–H groups in total. The number of nitrogens with one attached hydrogen (secondary N) is 2. The van der Waals surface area contributed by atoms with Gasteiger partial charge in [-0.15, -0.1) is 11.3 Å². The third-order valence-electron chi connectivity index (χ3n) is 4.20. The van der Waals surface area contributed by atoms with Gasteiger partial charge in [0.2, 0.25) is 0 Å². The lowest BCUT2D eigenvalue weighted by atomic mass is 10.2. The molecule has 0 saturated heterocycles. The summed E-state index contributed by atoms with van der Waals surface area (Å²) in [5.41, 5.74) is 2.09. The summed E-state index contributed by atoms with van der Waals surface area (Å²) in [5.74, 6) is -0.785. The first-order valence-electron chi connectivity index (χ1n) is 8.60. The molecule has 2 amide bonds. The number of amides is 2. The van der Waals surface area contributed by atoms with E-state index >= 15 is 0 Å². The summed E-state index contributed by atoms with van der Waals surface area (Å²) in [5, 5.41) is 15.8. The van der Waals surface area contributed by atoms with Crippen molar-refractivity contribution in [3.05, 3.63) is 53.4 Å². The lowest BCUT2D eigenvalue weighted by Crippen LogP contribution is -2.21. The highest BCUT2D eigenvalue weighted by atomic mass is 32.1. The summed E-state index contributed by atoms with van der Waals surface area (Å²) in [6, 6.07) is 5.78. The van der Waals surface area contributed by atoms with Crippen LogP contribution in [0.2, 0.25) is 0 Å². The summed E-state index contributed by atoms with van der Waals surface area (Å²) >= 11 is 1.58. The van der Waals surface area contributed by atoms with Crippen LogP contribution in [0.3, 0.4) is 0 Å². The van der Waals surface area contributed by atoms with Crippen molar-refractivity contribution in [2.75, 3.05) is 12.4 Å². The first kappa shape index (κ1) is 17.9. The Morgan fingerprint density at radius 2 is 2.11 bits per heavy atom. The van der Waals surface area contributed by atoms with Crippen molar-refractivity contribution in [1.29, 1.82) is 0 Å². The molecule has 0 fully saturated rings. The van der Waals surface area contributed by atoms with E-state index in [1.54, 1.807) is 32.9 Å². The fraction of sp³-hybridized carbons (Fsp3) is 0.167. The van der Waals surface area contributed by atoms with Gasteiger partial charge in [0.1, 0.15) is 5.56 Å². The largest absolute Gasteiger partial charge is 0.354 e. The van der Waals surface area contributed by atoms with E-state index in [9.17, 15) is 9.59 Å². The summed E-state index contributed by atoms with van der Waals surface area (Å²) in [6.07, 6.45) is 4.74. The lowest BCUT2D eigenvalue weighted by Gasteiger charge is -2.04. The molecule has 0 saturated carbocycles. The van der Waals surface area contributed by atoms with Crippen LogP contribution in [-0.2, 0) is 6.54 Å². The monoisotopic (exact) mass is 395 g/mol. The third-order valence-corrected chi connectivity index (χ3v) is 5.09. The van der Waals surface area contributed by atoms with E-state index < -0.39 is 5.91 Å². The van der Waals surface area contributed by atoms with E-state index in [0.717, 1.165) is 10.6 Å². The molecule has 4 aromatic heterocycles. The highest BCUT2D eigenvalue weighted by molar-refractivity contribution is 7.13. The molecule has 0 unspecified atom stereocenters. The molecule has 0 bridgehead atoms. The molecule has 0 aliphatic rings. The van der Waals surface area contributed by atoms with Gasteiger partial charge in [-0.1, -0.05) is 6.07 Å². The molecule has 0 atom stereocenters. The van der Waals surface area contributed by atoms with Gasteiger partial charge in [-0.3, -0.25) is 14.3 Å². The predicted molar refractivity (Wildman–Crippen MR) is 106 cm³/mol. The van der Waals surface area contributed by atoms with Gasteiger partial charge in [0, 0.05) is 26.0 Å². The number of aryl methyl sites for hydroxylation is 1. The molecule has 9 nitrogen and oxygen atoms in total. The smallest absolute Gasteiger partial charge is 0.273 e. The number of hydrogen-bond acceptors (Lipinski definition) is 6. The lowest BCUT2D eigenvalue weighted by molar-refractivity contribution is 0.0958. The predicted octanol–water partition coefficient (Wildman–Crippen LogP) is 2.29. The SMILES string of the molecule is CCn1cc(NC(=O)c2cnn3c(-c4cccs4)ccnc23)c(C(=O)NC)n1. The van der Waals surface area contributed by atoms with Gasteiger partial charge in [-0.2, -0.15) is 10.2 Å². The molecule has 0 aromatic carbocycles. The van der Waals surface area contributed by atoms with Crippen molar-refractivity contribution in [3.63, 3.8) is 0 Å². The number of carbonyl (C=O) groups is 2. The van der Waals surface area contributed by atoms with Crippen molar-refractivity contribution < 1.29 is 9.59 Å². The highest BCUT2D eigenvalue weighted by Crippen LogP contribution is 2.25. The first-order chi connectivity index (χ1) is 13.6. The quantitative estimate of drug-likeness (QED) is 0.539. The molecular formula is C18H17N7O2S. The summed E-state index contributed by atoms with van der Waals surface area (Å²) < 4.78 is 3.22. The molecule has 4 aromatic rings. The van der Waals surface area contributed by atoms with Crippen molar-refractivity contribution >= 4 is 34.5 Å². The second kappa shape index (κ2) is 7.24. The number of fused-ring (bicyclic) bond motifs is 1. The summed E-state index contributed by atoms with van der Waals surface area (Å²) in [4.78, 5) is 30.3. The number of rotatable bonds is 5. The fourth-order valence-electron chi connectivity index (χ4n) is 2.81. The van der Waals surface area contributed by atoms with Gasteiger partial charge >= 0.3 is 0 Å². The van der Waals surface area contributed by atoms with Crippen LogP contribution in [0.4, 0.5) is 5.69 Å². The molecule has 0 aliphatic carbocycles. The zero-order valence-corrected chi connectivity index (χ0v) is 16.0. The topological polar surface area (TPSA) is 106 Å². The molecule has 4 heterocycles. The first-order valence-corrected chi connectivity index (χ1v) is 9.47. The third kappa shape index (κ3) is 3.03. The molecular weight excluding hydrogens is 378 g/mol. The molecule has 142 valence electrons. The maximum absolute atomic E-state index is 12.9. The molecule has 0 spiro atoms. The van der Waals surface area contributed by atoms with Crippen LogP contribution in [-0.4, -0.2) is 43.2 Å². The van der Waals surface area contributed by atoms with Crippen LogP contribution >= 0.6 is 11.3 Å². The minimum atomic E-state index is -0.411. The van der Waals surface area contributed by atoms with Crippen LogP contribution in [0.1, 0.15) is 27.8 Å². The molecule has 0 radical (unpaired) electrons. The number of nitrogens with zero attached hydrogens (tertiary/aromatic N) is 5. The van der Waals surface area contributed by atoms with Gasteiger partial charge in [0.25, 0.3) is 11.8 Å². The Balaban J connectivity index is 1.70. The van der Waals surface area contributed by atoms with E-state index in [1.807, 2.05) is 30.5 Å². The van der Waals surface area contributed by atoms with Crippen molar-refractivity contribution in [2.24, 2.45) is 0 Å². The van der Waals surface area contributed by atoms with Crippen LogP contribution in [0.15, 0.2) is 42.2 Å². The van der Waals surface area contributed by atoms with Gasteiger partial charge in [0.15, 0.2) is 11.3 Å². The zero-order valence-electron chi connectivity index (χ0n) is 15.2. The van der Waals surface area contributed by atoms with E-state index in [1.165, 1.54) is 13.2 Å². The van der Waals surface area contributed by atoms with Gasteiger partial charge in [-0.05, 0) is 24.4 Å². The molecule has 0 aliphatic heterocycles.